The number of benzene rings is 1. The van der Waals surface area contributed by atoms with Gasteiger partial charge in [0, 0.05) is 36.5 Å². The quantitative estimate of drug-likeness (QED) is 0.832. The minimum atomic E-state index is -0.243. The Morgan fingerprint density at radius 2 is 2.07 bits per heavy atom. The SMILES string of the molecule is CCC1CCCCN1C(=O)c1cc(C(=O)NCc2ccccc2OC)ccn1. The van der Waals surface area contributed by atoms with Gasteiger partial charge in [-0.3, -0.25) is 14.6 Å². The second-order valence-corrected chi connectivity index (χ2v) is 6.98. The first-order valence-corrected chi connectivity index (χ1v) is 9.81. The molecule has 2 amide bonds. The molecule has 2 heterocycles. The summed E-state index contributed by atoms with van der Waals surface area (Å²) in [6.07, 6.45) is 5.66. The number of rotatable bonds is 6. The Balaban J connectivity index is 1.70. The molecule has 3 rings (SSSR count). The Morgan fingerprint density at radius 3 is 2.86 bits per heavy atom. The lowest BCUT2D eigenvalue weighted by molar-refractivity contribution is 0.0602. The zero-order valence-corrected chi connectivity index (χ0v) is 16.5. The monoisotopic (exact) mass is 381 g/mol. The zero-order chi connectivity index (χ0) is 19.9. The van der Waals surface area contributed by atoms with E-state index in [2.05, 4.69) is 17.2 Å². The number of likely N-dealkylation sites (tertiary alicyclic amines) is 1. The summed E-state index contributed by atoms with van der Waals surface area (Å²) in [5.74, 6) is 0.392. The van der Waals surface area contributed by atoms with Crippen molar-refractivity contribution in [3.63, 3.8) is 0 Å². The van der Waals surface area contributed by atoms with Crippen LogP contribution in [0.25, 0.3) is 0 Å². The number of hydrogen-bond donors (Lipinski definition) is 1. The minimum Gasteiger partial charge on any atom is -0.496 e. The maximum absolute atomic E-state index is 12.9. The molecule has 1 unspecified atom stereocenters. The lowest BCUT2D eigenvalue weighted by Crippen LogP contribution is -2.43. The minimum absolute atomic E-state index is 0.0917. The van der Waals surface area contributed by atoms with E-state index >= 15 is 0 Å². The molecule has 1 aromatic carbocycles. The van der Waals surface area contributed by atoms with Crippen LogP contribution >= 0.6 is 0 Å². The fourth-order valence-corrected chi connectivity index (χ4v) is 3.65. The van der Waals surface area contributed by atoms with Gasteiger partial charge in [0.15, 0.2) is 0 Å². The van der Waals surface area contributed by atoms with Crippen molar-refractivity contribution in [2.45, 2.75) is 45.2 Å². The third-order valence-corrected chi connectivity index (χ3v) is 5.23. The molecule has 0 saturated carbocycles. The molecular weight excluding hydrogens is 354 g/mol. The molecule has 0 aliphatic carbocycles. The first-order chi connectivity index (χ1) is 13.6. The van der Waals surface area contributed by atoms with Gasteiger partial charge in [0.25, 0.3) is 11.8 Å². The molecule has 1 N–H and O–H groups in total. The predicted molar refractivity (Wildman–Crippen MR) is 107 cm³/mol. The second-order valence-electron chi connectivity index (χ2n) is 6.98. The molecule has 6 heteroatoms. The third kappa shape index (κ3) is 4.50. The van der Waals surface area contributed by atoms with Crippen LogP contribution in [0.5, 0.6) is 5.75 Å². The van der Waals surface area contributed by atoms with Crippen LogP contribution in [-0.2, 0) is 6.54 Å². The molecular formula is C22H27N3O3. The Hall–Kier alpha value is -2.89. The van der Waals surface area contributed by atoms with Crippen LogP contribution in [0.2, 0.25) is 0 Å². The van der Waals surface area contributed by atoms with Crippen molar-refractivity contribution in [2.75, 3.05) is 13.7 Å². The number of nitrogens with zero attached hydrogens (tertiary/aromatic N) is 2. The Kier molecular flexibility index (Phi) is 6.63. The molecule has 0 spiro atoms. The summed E-state index contributed by atoms with van der Waals surface area (Å²) in [6.45, 7) is 3.20. The van der Waals surface area contributed by atoms with Crippen LogP contribution < -0.4 is 10.1 Å². The Bertz CT molecular complexity index is 837. The summed E-state index contributed by atoms with van der Waals surface area (Å²) < 4.78 is 5.31. The van der Waals surface area contributed by atoms with E-state index in [9.17, 15) is 9.59 Å². The Morgan fingerprint density at radius 1 is 1.25 bits per heavy atom. The molecule has 1 aliphatic rings. The summed E-state index contributed by atoms with van der Waals surface area (Å²) in [5.41, 5.74) is 1.64. The highest BCUT2D eigenvalue weighted by atomic mass is 16.5. The van der Waals surface area contributed by atoms with E-state index in [0.29, 0.717) is 17.8 Å². The highest BCUT2D eigenvalue weighted by Crippen LogP contribution is 2.21. The van der Waals surface area contributed by atoms with Gasteiger partial charge in [-0.1, -0.05) is 25.1 Å². The van der Waals surface area contributed by atoms with Gasteiger partial charge in [0.2, 0.25) is 0 Å². The van der Waals surface area contributed by atoms with E-state index in [0.717, 1.165) is 43.5 Å². The van der Waals surface area contributed by atoms with Crippen LogP contribution in [0.3, 0.4) is 0 Å². The average Bonchev–Trinajstić information content (AvgIpc) is 2.77. The molecule has 1 saturated heterocycles. The van der Waals surface area contributed by atoms with Crippen LogP contribution in [-0.4, -0.2) is 41.4 Å². The van der Waals surface area contributed by atoms with Crippen molar-refractivity contribution in [3.8, 4) is 5.75 Å². The molecule has 0 radical (unpaired) electrons. The van der Waals surface area contributed by atoms with E-state index in [-0.39, 0.29) is 17.9 Å². The number of amides is 2. The average molecular weight is 381 g/mol. The zero-order valence-electron chi connectivity index (χ0n) is 16.5. The maximum Gasteiger partial charge on any atom is 0.272 e. The molecule has 1 fully saturated rings. The molecule has 1 aromatic heterocycles. The Labute approximate surface area is 165 Å². The summed E-state index contributed by atoms with van der Waals surface area (Å²) in [6, 6.07) is 11.0. The smallest absolute Gasteiger partial charge is 0.272 e. The van der Waals surface area contributed by atoms with Crippen LogP contribution in [0, 0.1) is 0 Å². The number of nitrogens with one attached hydrogen (secondary N) is 1. The van der Waals surface area contributed by atoms with Gasteiger partial charge >= 0.3 is 0 Å². The number of pyridine rings is 1. The van der Waals surface area contributed by atoms with Crippen molar-refractivity contribution in [3.05, 3.63) is 59.4 Å². The molecule has 28 heavy (non-hydrogen) atoms. The number of ether oxygens (including phenoxy) is 1. The molecule has 148 valence electrons. The number of carbonyl (C=O) groups excluding carboxylic acids is 2. The molecule has 6 nitrogen and oxygen atoms in total. The summed E-state index contributed by atoms with van der Waals surface area (Å²) in [5, 5.41) is 2.88. The first-order valence-electron chi connectivity index (χ1n) is 9.81. The van der Waals surface area contributed by atoms with Crippen molar-refractivity contribution < 1.29 is 14.3 Å². The van der Waals surface area contributed by atoms with E-state index in [1.54, 1.807) is 19.2 Å². The van der Waals surface area contributed by atoms with E-state index in [1.807, 2.05) is 29.2 Å². The number of piperidine rings is 1. The largest absolute Gasteiger partial charge is 0.496 e. The fraction of sp³-hybridized carbons (Fsp3) is 0.409. The first kappa shape index (κ1) is 19.9. The van der Waals surface area contributed by atoms with E-state index in [4.69, 9.17) is 4.74 Å². The highest BCUT2D eigenvalue weighted by Gasteiger charge is 2.27. The lowest BCUT2D eigenvalue weighted by atomic mass is 9.99. The topological polar surface area (TPSA) is 71.5 Å². The normalized spacial score (nSPS) is 16.5. The van der Waals surface area contributed by atoms with Gasteiger partial charge in [-0.15, -0.1) is 0 Å². The number of aromatic nitrogens is 1. The summed E-state index contributed by atoms with van der Waals surface area (Å²) >= 11 is 0. The second kappa shape index (κ2) is 9.35. The van der Waals surface area contributed by atoms with Gasteiger partial charge < -0.3 is 15.0 Å². The fourth-order valence-electron chi connectivity index (χ4n) is 3.65. The van der Waals surface area contributed by atoms with Crippen LogP contribution in [0.4, 0.5) is 0 Å². The molecule has 0 bridgehead atoms. The number of hydrogen-bond acceptors (Lipinski definition) is 4. The van der Waals surface area contributed by atoms with Gasteiger partial charge in [-0.05, 0) is 43.9 Å². The summed E-state index contributed by atoms with van der Waals surface area (Å²) in [7, 11) is 1.60. The number of methoxy groups -OCH3 is 1. The molecule has 1 atom stereocenters. The number of carbonyl (C=O) groups is 2. The van der Waals surface area contributed by atoms with E-state index in [1.165, 1.54) is 6.20 Å². The van der Waals surface area contributed by atoms with Gasteiger partial charge in [0.1, 0.15) is 11.4 Å². The lowest BCUT2D eigenvalue weighted by Gasteiger charge is -2.35. The standard InChI is InChI=1S/C22H27N3O3/c1-3-18-9-6-7-13-25(18)22(27)19-14-16(11-12-23-19)21(26)24-15-17-8-4-5-10-20(17)28-2/h4-5,8,10-12,14,18H,3,6-7,9,13,15H2,1-2H3,(H,24,26). The van der Waals surface area contributed by atoms with Crippen LogP contribution in [0.1, 0.15) is 59.0 Å². The molecule has 2 aromatic rings. The van der Waals surface area contributed by atoms with Crippen LogP contribution in [0.15, 0.2) is 42.6 Å². The van der Waals surface area contributed by atoms with Crippen molar-refractivity contribution >= 4 is 11.8 Å². The van der Waals surface area contributed by atoms with Crippen molar-refractivity contribution in [2.24, 2.45) is 0 Å². The number of para-hydroxylation sites is 1. The third-order valence-electron chi connectivity index (χ3n) is 5.23. The predicted octanol–water partition coefficient (Wildman–Crippen LogP) is 3.42. The maximum atomic E-state index is 12.9. The van der Waals surface area contributed by atoms with Gasteiger partial charge in [-0.25, -0.2) is 0 Å². The highest BCUT2D eigenvalue weighted by molar-refractivity contribution is 5.98. The van der Waals surface area contributed by atoms with E-state index < -0.39 is 0 Å². The van der Waals surface area contributed by atoms with Gasteiger partial charge in [0.05, 0.1) is 7.11 Å². The van der Waals surface area contributed by atoms with Gasteiger partial charge in [-0.2, -0.15) is 0 Å². The van der Waals surface area contributed by atoms with Crippen molar-refractivity contribution in [1.82, 2.24) is 15.2 Å². The van der Waals surface area contributed by atoms with Crippen molar-refractivity contribution in [1.29, 1.82) is 0 Å². The summed E-state index contributed by atoms with van der Waals surface area (Å²) in [4.78, 5) is 31.6. The molecule has 1 aliphatic heterocycles.